The lowest BCUT2D eigenvalue weighted by Crippen LogP contribution is -2.19. The zero-order valence-electron chi connectivity index (χ0n) is 12.6. The maximum atomic E-state index is 5.65. The Hall–Kier alpha value is -1.81. The zero-order chi connectivity index (χ0) is 14.5. The number of aryl methyl sites for hydroxylation is 1. The van der Waals surface area contributed by atoms with Crippen LogP contribution in [-0.2, 0) is 13.6 Å². The highest BCUT2D eigenvalue weighted by atomic mass is 16.5. The fourth-order valence-electron chi connectivity index (χ4n) is 2.06. The molecule has 1 aromatic heterocycles. The molecule has 0 saturated carbocycles. The predicted molar refractivity (Wildman–Crippen MR) is 80.7 cm³/mol. The molecule has 0 saturated heterocycles. The summed E-state index contributed by atoms with van der Waals surface area (Å²) in [6.07, 6.45) is 2.03. The van der Waals surface area contributed by atoms with Crippen molar-refractivity contribution in [2.24, 2.45) is 7.05 Å². The first-order chi connectivity index (χ1) is 9.56. The Morgan fingerprint density at radius 2 is 1.85 bits per heavy atom. The molecular weight excluding hydrogens is 250 g/mol. The van der Waals surface area contributed by atoms with Crippen LogP contribution in [0.4, 0.5) is 0 Å². The summed E-state index contributed by atoms with van der Waals surface area (Å²) in [5.41, 5.74) is 2.43. The normalized spacial score (nSPS) is 12.7. The Bertz CT molecular complexity index is 531. The molecule has 1 aromatic carbocycles. The smallest absolute Gasteiger partial charge is 0.119 e. The Morgan fingerprint density at radius 3 is 2.40 bits per heavy atom. The van der Waals surface area contributed by atoms with Crippen LogP contribution in [0.3, 0.4) is 0 Å². The molecular formula is C16H23N3O. The van der Waals surface area contributed by atoms with Gasteiger partial charge < -0.3 is 10.1 Å². The van der Waals surface area contributed by atoms with Crippen molar-refractivity contribution in [1.29, 1.82) is 0 Å². The first kappa shape index (κ1) is 14.6. The number of hydrogen-bond donors (Lipinski definition) is 1. The molecule has 4 nitrogen and oxygen atoms in total. The van der Waals surface area contributed by atoms with Crippen molar-refractivity contribution in [1.82, 2.24) is 15.1 Å². The molecule has 2 rings (SSSR count). The lowest BCUT2D eigenvalue weighted by molar-refractivity contribution is 0.242. The van der Waals surface area contributed by atoms with E-state index in [4.69, 9.17) is 4.74 Å². The van der Waals surface area contributed by atoms with Crippen LogP contribution in [0.5, 0.6) is 5.75 Å². The molecule has 1 N–H and O–H groups in total. The zero-order valence-corrected chi connectivity index (χ0v) is 12.6. The second-order valence-electron chi connectivity index (χ2n) is 5.28. The van der Waals surface area contributed by atoms with Crippen molar-refractivity contribution in [3.05, 3.63) is 47.8 Å². The average molecular weight is 273 g/mol. The topological polar surface area (TPSA) is 39.1 Å². The van der Waals surface area contributed by atoms with Crippen molar-refractivity contribution in [2.45, 2.75) is 39.5 Å². The van der Waals surface area contributed by atoms with Gasteiger partial charge in [0.2, 0.25) is 0 Å². The summed E-state index contributed by atoms with van der Waals surface area (Å²) in [6, 6.07) is 10.6. The van der Waals surface area contributed by atoms with Crippen LogP contribution in [0.2, 0.25) is 0 Å². The molecule has 0 aliphatic rings. The van der Waals surface area contributed by atoms with Crippen molar-refractivity contribution in [2.75, 3.05) is 0 Å². The van der Waals surface area contributed by atoms with Crippen LogP contribution in [0, 0.1) is 0 Å². The van der Waals surface area contributed by atoms with Gasteiger partial charge in [0, 0.05) is 25.8 Å². The monoisotopic (exact) mass is 273 g/mol. The minimum absolute atomic E-state index is 0.209. The second-order valence-corrected chi connectivity index (χ2v) is 5.28. The molecule has 0 amide bonds. The van der Waals surface area contributed by atoms with Crippen LogP contribution in [0.15, 0.2) is 36.5 Å². The maximum absolute atomic E-state index is 5.65. The second kappa shape index (κ2) is 6.57. The van der Waals surface area contributed by atoms with Gasteiger partial charge in [0.1, 0.15) is 5.75 Å². The van der Waals surface area contributed by atoms with E-state index in [1.165, 1.54) is 11.3 Å². The Labute approximate surface area is 120 Å². The van der Waals surface area contributed by atoms with Crippen LogP contribution in [0.25, 0.3) is 0 Å². The van der Waals surface area contributed by atoms with Gasteiger partial charge in [-0.3, -0.25) is 4.68 Å². The van der Waals surface area contributed by atoms with E-state index in [0.29, 0.717) is 0 Å². The Balaban J connectivity index is 1.92. The van der Waals surface area contributed by atoms with Crippen molar-refractivity contribution < 1.29 is 4.74 Å². The van der Waals surface area contributed by atoms with Gasteiger partial charge in [-0.1, -0.05) is 12.1 Å². The SMILES string of the molecule is CC(C)Oc1ccc(C(C)NCc2ccnn2C)cc1. The number of nitrogens with one attached hydrogen (secondary N) is 1. The van der Waals surface area contributed by atoms with E-state index in [1.807, 2.05) is 50.0 Å². The number of nitrogens with zero attached hydrogens (tertiary/aromatic N) is 2. The van der Waals surface area contributed by atoms with Crippen molar-refractivity contribution in [3.63, 3.8) is 0 Å². The predicted octanol–water partition coefficient (Wildman–Crippen LogP) is 3.06. The van der Waals surface area contributed by atoms with Crippen LogP contribution >= 0.6 is 0 Å². The van der Waals surface area contributed by atoms with Gasteiger partial charge in [-0.15, -0.1) is 0 Å². The Morgan fingerprint density at radius 1 is 1.15 bits per heavy atom. The number of aromatic nitrogens is 2. The number of rotatable bonds is 6. The summed E-state index contributed by atoms with van der Waals surface area (Å²) >= 11 is 0. The van der Waals surface area contributed by atoms with E-state index < -0.39 is 0 Å². The van der Waals surface area contributed by atoms with Crippen LogP contribution in [0.1, 0.15) is 38.1 Å². The summed E-state index contributed by atoms with van der Waals surface area (Å²) in [7, 11) is 1.96. The number of ether oxygens (including phenoxy) is 1. The molecule has 0 aliphatic carbocycles. The van der Waals surface area contributed by atoms with Gasteiger partial charge in [-0.05, 0) is 44.5 Å². The third-order valence-corrected chi connectivity index (χ3v) is 3.26. The lowest BCUT2D eigenvalue weighted by atomic mass is 10.1. The quantitative estimate of drug-likeness (QED) is 0.879. The summed E-state index contributed by atoms with van der Waals surface area (Å²) < 4.78 is 7.54. The highest BCUT2D eigenvalue weighted by molar-refractivity contribution is 5.29. The summed E-state index contributed by atoms with van der Waals surface area (Å²) in [6.45, 7) is 7.04. The van der Waals surface area contributed by atoms with Gasteiger partial charge in [0.05, 0.1) is 11.8 Å². The molecule has 0 bridgehead atoms. The van der Waals surface area contributed by atoms with E-state index >= 15 is 0 Å². The molecule has 20 heavy (non-hydrogen) atoms. The fourth-order valence-corrected chi connectivity index (χ4v) is 2.06. The summed E-state index contributed by atoms with van der Waals surface area (Å²) in [5, 5.41) is 7.67. The van der Waals surface area contributed by atoms with Gasteiger partial charge in [-0.2, -0.15) is 5.10 Å². The van der Waals surface area contributed by atoms with E-state index in [0.717, 1.165) is 12.3 Å². The molecule has 0 spiro atoms. The minimum Gasteiger partial charge on any atom is -0.491 e. The van der Waals surface area contributed by atoms with E-state index in [2.05, 4.69) is 29.5 Å². The van der Waals surface area contributed by atoms with E-state index in [-0.39, 0.29) is 12.1 Å². The van der Waals surface area contributed by atoms with Gasteiger partial charge in [0.25, 0.3) is 0 Å². The van der Waals surface area contributed by atoms with Gasteiger partial charge in [0.15, 0.2) is 0 Å². The van der Waals surface area contributed by atoms with Gasteiger partial charge >= 0.3 is 0 Å². The molecule has 1 heterocycles. The lowest BCUT2D eigenvalue weighted by Gasteiger charge is -2.15. The number of hydrogen-bond acceptors (Lipinski definition) is 3. The Kier molecular flexibility index (Phi) is 4.79. The molecule has 1 atom stereocenters. The highest BCUT2D eigenvalue weighted by Crippen LogP contribution is 2.18. The standard InChI is InChI=1S/C16H23N3O/c1-12(2)20-16-7-5-14(6-8-16)13(3)17-11-15-9-10-18-19(15)4/h5-10,12-13,17H,11H2,1-4H3. The summed E-state index contributed by atoms with van der Waals surface area (Å²) in [4.78, 5) is 0. The third kappa shape index (κ3) is 3.84. The fraction of sp³-hybridized carbons (Fsp3) is 0.438. The molecule has 0 fully saturated rings. The molecule has 1 unspecified atom stereocenters. The van der Waals surface area contributed by atoms with Crippen LogP contribution in [-0.4, -0.2) is 15.9 Å². The van der Waals surface area contributed by atoms with E-state index in [9.17, 15) is 0 Å². The summed E-state index contributed by atoms with van der Waals surface area (Å²) in [5.74, 6) is 0.919. The molecule has 4 heteroatoms. The van der Waals surface area contributed by atoms with Crippen molar-refractivity contribution >= 4 is 0 Å². The first-order valence-electron chi connectivity index (χ1n) is 7.03. The average Bonchev–Trinajstić information content (AvgIpc) is 2.82. The van der Waals surface area contributed by atoms with Gasteiger partial charge in [-0.25, -0.2) is 0 Å². The van der Waals surface area contributed by atoms with E-state index in [1.54, 1.807) is 0 Å². The molecule has 0 aliphatic heterocycles. The minimum atomic E-state index is 0.209. The van der Waals surface area contributed by atoms with Crippen molar-refractivity contribution in [3.8, 4) is 5.75 Å². The molecule has 108 valence electrons. The maximum Gasteiger partial charge on any atom is 0.119 e. The third-order valence-electron chi connectivity index (χ3n) is 3.26. The largest absolute Gasteiger partial charge is 0.491 e. The van der Waals surface area contributed by atoms with Crippen LogP contribution < -0.4 is 10.1 Å². The molecule has 0 radical (unpaired) electrons. The highest BCUT2D eigenvalue weighted by Gasteiger charge is 2.07. The first-order valence-corrected chi connectivity index (χ1v) is 7.03. The molecule has 2 aromatic rings. The number of benzene rings is 1.